The number of hydrogen-bond donors (Lipinski definition) is 0. The highest BCUT2D eigenvalue weighted by atomic mass is 19.2. The molecule has 1 fully saturated rings. The Bertz CT molecular complexity index is 1300. The van der Waals surface area contributed by atoms with E-state index in [2.05, 4.69) is 25.4 Å². The average Bonchev–Trinajstić information content (AvgIpc) is 3.36. The highest BCUT2D eigenvalue weighted by molar-refractivity contribution is 6.00. The first-order valence-corrected chi connectivity index (χ1v) is 11.6. The van der Waals surface area contributed by atoms with E-state index in [0.717, 1.165) is 24.6 Å². The van der Waals surface area contributed by atoms with Crippen molar-refractivity contribution in [2.45, 2.75) is 38.0 Å². The Morgan fingerprint density at radius 2 is 1.94 bits per heavy atom. The van der Waals surface area contributed by atoms with E-state index in [1.165, 1.54) is 0 Å². The van der Waals surface area contributed by atoms with Gasteiger partial charge in [0.2, 0.25) is 5.89 Å². The van der Waals surface area contributed by atoms with Gasteiger partial charge in [-0.05, 0) is 55.7 Å². The van der Waals surface area contributed by atoms with E-state index in [-0.39, 0.29) is 11.5 Å². The van der Waals surface area contributed by atoms with Crippen LogP contribution in [0.15, 0.2) is 64.6 Å². The summed E-state index contributed by atoms with van der Waals surface area (Å²) in [5.41, 5.74) is -1.62. The SMILES string of the molecule is CC1(F)C(C(=O)C2CCN(c3ccc(-c4nnc(Cc5cccnc5)o4)nn3)CC2)=CC=C(F)C1F. The smallest absolute Gasteiger partial charge is 0.268 e. The van der Waals surface area contributed by atoms with E-state index >= 15 is 0 Å². The van der Waals surface area contributed by atoms with E-state index in [9.17, 15) is 18.0 Å². The maximum absolute atomic E-state index is 14.8. The molecular weight excluding hydrogens is 473 g/mol. The van der Waals surface area contributed by atoms with Crippen molar-refractivity contribution in [3.05, 3.63) is 71.7 Å². The second kappa shape index (κ2) is 9.63. The second-order valence-corrected chi connectivity index (χ2v) is 9.01. The molecule has 11 heteroatoms. The first-order valence-electron chi connectivity index (χ1n) is 11.6. The van der Waals surface area contributed by atoms with Crippen molar-refractivity contribution in [3.8, 4) is 11.6 Å². The summed E-state index contributed by atoms with van der Waals surface area (Å²) < 4.78 is 48.0. The summed E-state index contributed by atoms with van der Waals surface area (Å²) in [4.78, 5) is 18.9. The molecule has 0 radical (unpaired) electrons. The number of nitrogens with zero attached hydrogens (tertiary/aromatic N) is 6. The zero-order valence-electron chi connectivity index (χ0n) is 19.4. The fourth-order valence-corrected chi connectivity index (χ4v) is 4.43. The minimum absolute atomic E-state index is 0.254. The van der Waals surface area contributed by atoms with E-state index in [0.29, 0.717) is 49.8 Å². The second-order valence-electron chi connectivity index (χ2n) is 9.01. The topological polar surface area (TPSA) is 97.9 Å². The number of carbonyl (C=O) groups is 1. The van der Waals surface area contributed by atoms with Gasteiger partial charge in [-0.25, -0.2) is 13.2 Å². The molecule has 186 valence electrons. The summed E-state index contributed by atoms with van der Waals surface area (Å²) in [7, 11) is 0. The molecule has 2 aliphatic rings. The Morgan fingerprint density at radius 3 is 2.64 bits per heavy atom. The van der Waals surface area contributed by atoms with Crippen LogP contribution in [0.25, 0.3) is 11.6 Å². The average molecular weight is 496 g/mol. The first-order chi connectivity index (χ1) is 17.3. The summed E-state index contributed by atoms with van der Waals surface area (Å²) >= 11 is 0. The van der Waals surface area contributed by atoms with E-state index < -0.39 is 29.4 Å². The van der Waals surface area contributed by atoms with Gasteiger partial charge in [-0.1, -0.05) is 6.07 Å². The van der Waals surface area contributed by atoms with Crippen molar-refractivity contribution in [2.75, 3.05) is 18.0 Å². The molecule has 0 spiro atoms. The Balaban J connectivity index is 1.20. The van der Waals surface area contributed by atoms with E-state index in [1.54, 1.807) is 24.5 Å². The largest absolute Gasteiger partial charge is 0.419 e. The van der Waals surface area contributed by atoms with Crippen LogP contribution in [0.5, 0.6) is 0 Å². The number of carbonyl (C=O) groups excluding carboxylic acids is 1. The molecule has 8 nitrogen and oxygen atoms in total. The lowest BCUT2D eigenvalue weighted by Crippen LogP contribution is -2.43. The number of anilines is 1. The number of pyridine rings is 1. The molecule has 0 saturated carbocycles. The zero-order valence-corrected chi connectivity index (χ0v) is 19.4. The molecule has 0 aromatic carbocycles. The minimum Gasteiger partial charge on any atom is -0.419 e. The van der Waals surface area contributed by atoms with Gasteiger partial charge < -0.3 is 9.32 Å². The zero-order chi connectivity index (χ0) is 25.3. The molecule has 2 unspecified atom stereocenters. The molecule has 3 aromatic heterocycles. The van der Waals surface area contributed by atoms with E-state index in [4.69, 9.17) is 4.42 Å². The Kier molecular flexibility index (Phi) is 6.38. The first kappa shape index (κ1) is 23.8. The van der Waals surface area contributed by atoms with Crippen molar-refractivity contribution in [3.63, 3.8) is 0 Å². The van der Waals surface area contributed by atoms with Crippen LogP contribution in [0.4, 0.5) is 19.0 Å². The number of rotatable bonds is 6. The summed E-state index contributed by atoms with van der Waals surface area (Å²) in [6.45, 7) is 1.88. The van der Waals surface area contributed by atoms with Gasteiger partial charge in [-0.3, -0.25) is 9.78 Å². The Hall–Kier alpha value is -3.89. The molecule has 1 aliphatic heterocycles. The molecule has 0 bridgehead atoms. The number of piperidine rings is 1. The third kappa shape index (κ3) is 4.65. The summed E-state index contributed by atoms with van der Waals surface area (Å²) in [5, 5.41) is 16.5. The van der Waals surface area contributed by atoms with Crippen LogP contribution in [0, 0.1) is 5.92 Å². The molecule has 1 saturated heterocycles. The number of Topliss-reactive ketones (excluding diaryl/α,β-unsaturated/α-hetero) is 1. The lowest BCUT2D eigenvalue weighted by molar-refractivity contribution is -0.121. The normalized spacial score (nSPS) is 22.8. The van der Waals surface area contributed by atoms with Crippen molar-refractivity contribution in [1.29, 1.82) is 0 Å². The van der Waals surface area contributed by atoms with Crippen LogP contribution in [0.2, 0.25) is 0 Å². The Labute approximate surface area is 205 Å². The summed E-state index contributed by atoms with van der Waals surface area (Å²) in [5.74, 6) is -0.868. The quantitative estimate of drug-likeness (QED) is 0.502. The molecule has 5 rings (SSSR count). The number of hydrogen-bond acceptors (Lipinski definition) is 8. The predicted molar refractivity (Wildman–Crippen MR) is 124 cm³/mol. The van der Waals surface area contributed by atoms with Gasteiger partial charge in [-0.2, -0.15) is 0 Å². The van der Waals surface area contributed by atoms with Gasteiger partial charge in [0.15, 0.2) is 23.4 Å². The summed E-state index contributed by atoms with van der Waals surface area (Å²) in [6, 6.07) is 7.25. The molecule has 0 N–H and O–H groups in total. The van der Waals surface area contributed by atoms with Crippen LogP contribution in [-0.2, 0) is 11.2 Å². The number of aromatic nitrogens is 5. The molecule has 1 aliphatic carbocycles. The van der Waals surface area contributed by atoms with Crippen molar-refractivity contribution < 1.29 is 22.4 Å². The van der Waals surface area contributed by atoms with E-state index in [1.807, 2.05) is 17.0 Å². The number of alkyl halides is 2. The minimum atomic E-state index is -2.68. The van der Waals surface area contributed by atoms with Gasteiger partial charge in [0.1, 0.15) is 11.5 Å². The Morgan fingerprint density at radius 1 is 1.14 bits per heavy atom. The number of allylic oxidation sites excluding steroid dienone is 4. The molecule has 4 heterocycles. The molecular formula is C25H23F3N6O2. The lowest BCUT2D eigenvalue weighted by atomic mass is 9.79. The van der Waals surface area contributed by atoms with Gasteiger partial charge in [0.25, 0.3) is 5.89 Å². The van der Waals surface area contributed by atoms with Gasteiger partial charge >= 0.3 is 0 Å². The summed E-state index contributed by atoms with van der Waals surface area (Å²) in [6.07, 6.45) is 4.15. The fourth-order valence-electron chi connectivity index (χ4n) is 4.43. The fraction of sp³-hybridized carbons (Fsp3) is 0.360. The molecule has 0 amide bonds. The molecule has 2 atom stereocenters. The highest BCUT2D eigenvalue weighted by Gasteiger charge is 2.47. The van der Waals surface area contributed by atoms with Crippen LogP contribution < -0.4 is 4.90 Å². The predicted octanol–water partition coefficient (Wildman–Crippen LogP) is 4.16. The van der Waals surface area contributed by atoms with Crippen LogP contribution in [0.1, 0.15) is 31.2 Å². The van der Waals surface area contributed by atoms with Crippen molar-refractivity contribution in [2.24, 2.45) is 5.92 Å². The standard InChI is InChI=1S/C25H23F3N6O2/c1-25(28)17(4-5-18(26)23(25)27)22(35)16-8-11-34(12-9-16)20-7-6-19(30-31-20)24-33-32-21(36-24)13-15-3-2-10-29-14-15/h2-7,10,14,16,23H,8-9,11-13H2,1H3. The van der Waals surface area contributed by atoms with Crippen LogP contribution in [0.3, 0.4) is 0 Å². The van der Waals surface area contributed by atoms with Gasteiger partial charge in [0.05, 0.1) is 6.42 Å². The van der Waals surface area contributed by atoms with Gasteiger partial charge in [-0.15, -0.1) is 20.4 Å². The van der Waals surface area contributed by atoms with Crippen molar-refractivity contribution >= 4 is 11.6 Å². The lowest BCUT2D eigenvalue weighted by Gasteiger charge is -2.35. The van der Waals surface area contributed by atoms with Crippen LogP contribution in [-0.4, -0.2) is 56.1 Å². The molecule has 36 heavy (non-hydrogen) atoms. The maximum atomic E-state index is 14.8. The van der Waals surface area contributed by atoms with Crippen molar-refractivity contribution in [1.82, 2.24) is 25.4 Å². The number of halogens is 3. The molecule has 3 aromatic rings. The monoisotopic (exact) mass is 496 g/mol. The third-order valence-electron chi connectivity index (χ3n) is 6.52. The number of ketones is 1. The highest BCUT2D eigenvalue weighted by Crippen LogP contribution is 2.39. The third-order valence-corrected chi connectivity index (χ3v) is 6.52. The van der Waals surface area contributed by atoms with Crippen LogP contribution >= 0.6 is 0 Å². The maximum Gasteiger partial charge on any atom is 0.268 e. The van der Waals surface area contributed by atoms with Gasteiger partial charge in [0, 0.05) is 37.0 Å².